The maximum absolute atomic E-state index is 14.4. The first-order valence-electron chi connectivity index (χ1n) is 16.7. The first-order chi connectivity index (χ1) is 23.0. The Hall–Kier alpha value is -4.51. The van der Waals surface area contributed by atoms with Crippen molar-refractivity contribution in [2.24, 2.45) is 11.8 Å². The van der Waals surface area contributed by atoms with Gasteiger partial charge in [-0.3, -0.25) is 4.79 Å². The van der Waals surface area contributed by atoms with Gasteiger partial charge in [-0.05, 0) is 85.9 Å². The number of pyridine rings is 1. The molecule has 48 heavy (non-hydrogen) atoms. The first-order valence-corrected chi connectivity index (χ1v) is 18.2. The Morgan fingerprint density at radius 2 is 1.71 bits per heavy atom. The second kappa shape index (κ2) is 13.9. The Kier molecular flexibility index (Phi) is 9.68. The van der Waals surface area contributed by atoms with E-state index in [2.05, 4.69) is 40.4 Å². The number of nitrogens with zero attached hydrogens (tertiary/aromatic N) is 5. The topological polar surface area (TPSA) is 118 Å². The lowest BCUT2D eigenvalue weighted by atomic mass is 9.99. The SMILES string of the molecule is Cc1cccc(C)c1-c1cc2nc(n1)NS(=O)(=O)c1cccc(c1)C(=O)N(Cc1ccc(N3CCC(C)CC3)nc1)[C@H](CC(C)C)CO2. The molecule has 0 spiro atoms. The van der Waals surface area contributed by atoms with Crippen molar-refractivity contribution in [3.05, 3.63) is 89.1 Å². The molecule has 2 aromatic carbocycles. The zero-order chi connectivity index (χ0) is 34.0. The summed E-state index contributed by atoms with van der Waals surface area (Å²) < 4.78 is 36.2. The molecule has 1 atom stereocenters. The van der Waals surface area contributed by atoms with Crippen LogP contribution in [-0.2, 0) is 16.6 Å². The van der Waals surface area contributed by atoms with Crippen LogP contribution >= 0.6 is 0 Å². The molecule has 0 radical (unpaired) electrons. The van der Waals surface area contributed by atoms with Gasteiger partial charge in [0.15, 0.2) is 0 Å². The molecule has 252 valence electrons. The van der Waals surface area contributed by atoms with E-state index in [0.717, 1.165) is 59.9 Å². The van der Waals surface area contributed by atoms with Crippen molar-refractivity contribution in [3.63, 3.8) is 0 Å². The van der Waals surface area contributed by atoms with Crippen molar-refractivity contribution in [2.75, 3.05) is 29.3 Å². The quantitative estimate of drug-likeness (QED) is 0.243. The van der Waals surface area contributed by atoms with Gasteiger partial charge in [0.2, 0.25) is 11.8 Å². The predicted octanol–water partition coefficient (Wildman–Crippen LogP) is 6.64. The number of piperidine rings is 1. The van der Waals surface area contributed by atoms with Gasteiger partial charge in [0.1, 0.15) is 12.4 Å². The van der Waals surface area contributed by atoms with E-state index >= 15 is 0 Å². The molecule has 1 N–H and O–H groups in total. The fourth-order valence-electron chi connectivity index (χ4n) is 6.54. The summed E-state index contributed by atoms with van der Waals surface area (Å²) in [7, 11) is -4.15. The molecule has 6 rings (SSSR count). The van der Waals surface area contributed by atoms with Crippen LogP contribution in [0.1, 0.15) is 67.1 Å². The number of amides is 1. The smallest absolute Gasteiger partial charge is 0.264 e. The largest absolute Gasteiger partial charge is 0.475 e. The van der Waals surface area contributed by atoms with Gasteiger partial charge in [0.05, 0.1) is 16.6 Å². The minimum atomic E-state index is -4.15. The second-order valence-corrected chi connectivity index (χ2v) is 15.2. The lowest BCUT2D eigenvalue weighted by molar-refractivity contribution is 0.0553. The molecule has 2 aliphatic rings. The molecule has 0 unspecified atom stereocenters. The molecule has 1 saturated heterocycles. The number of carbonyl (C=O) groups excluding carboxylic acids is 1. The third-order valence-corrected chi connectivity index (χ3v) is 10.5. The lowest BCUT2D eigenvalue weighted by Gasteiger charge is -2.33. The molecular formula is C37H44N6O4S. The monoisotopic (exact) mass is 668 g/mol. The summed E-state index contributed by atoms with van der Waals surface area (Å²) in [6.45, 7) is 12.9. The average molecular weight is 669 g/mol. The number of carbonyl (C=O) groups is 1. The van der Waals surface area contributed by atoms with Crippen LogP contribution in [0.2, 0.25) is 0 Å². The van der Waals surface area contributed by atoms with Gasteiger partial charge >= 0.3 is 0 Å². The van der Waals surface area contributed by atoms with Gasteiger partial charge in [-0.1, -0.05) is 51.1 Å². The molecule has 4 heterocycles. The van der Waals surface area contributed by atoms with E-state index in [4.69, 9.17) is 9.72 Å². The molecule has 1 fully saturated rings. The summed E-state index contributed by atoms with van der Waals surface area (Å²) in [5.74, 6) is 1.73. The van der Waals surface area contributed by atoms with Crippen molar-refractivity contribution >= 4 is 27.7 Å². The molecule has 2 aromatic heterocycles. The van der Waals surface area contributed by atoms with E-state index in [0.29, 0.717) is 12.1 Å². The summed E-state index contributed by atoms with van der Waals surface area (Å²) in [4.78, 5) is 32.3. The Labute approximate surface area is 283 Å². The highest BCUT2D eigenvalue weighted by atomic mass is 32.2. The fraction of sp³-hybridized carbons (Fsp3) is 0.405. The van der Waals surface area contributed by atoms with Gasteiger partial charge in [-0.2, -0.15) is 4.98 Å². The van der Waals surface area contributed by atoms with Gasteiger partial charge in [0.25, 0.3) is 15.9 Å². The van der Waals surface area contributed by atoms with E-state index in [1.807, 2.05) is 50.4 Å². The van der Waals surface area contributed by atoms with Crippen LogP contribution in [0, 0.1) is 25.7 Å². The average Bonchev–Trinajstić information content (AvgIpc) is 3.05. The maximum atomic E-state index is 14.4. The normalized spacial score (nSPS) is 18.4. The summed E-state index contributed by atoms with van der Waals surface area (Å²) in [5.41, 5.74) is 4.54. The number of hydrogen-bond acceptors (Lipinski definition) is 8. The number of rotatable bonds is 6. The van der Waals surface area contributed by atoms with Gasteiger partial charge in [0, 0.05) is 43.0 Å². The van der Waals surface area contributed by atoms with Crippen molar-refractivity contribution in [1.29, 1.82) is 0 Å². The Morgan fingerprint density at radius 1 is 0.979 bits per heavy atom. The molecular weight excluding hydrogens is 625 g/mol. The lowest BCUT2D eigenvalue weighted by Crippen LogP contribution is -2.44. The van der Waals surface area contributed by atoms with E-state index < -0.39 is 10.0 Å². The van der Waals surface area contributed by atoms with E-state index in [-0.39, 0.29) is 53.3 Å². The van der Waals surface area contributed by atoms with Gasteiger partial charge in [-0.25, -0.2) is 23.1 Å². The molecule has 0 saturated carbocycles. The zero-order valence-electron chi connectivity index (χ0n) is 28.3. The molecule has 0 aliphatic carbocycles. The first kappa shape index (κ1) is 33.4. The number of nitrogens with one attached hydrogen (secondary N) is 1. The third-order valence-electron chi connectivity index (χ3n) is 9.20. The Balaban J connectivity index is 1.40. The highest BCUT2D eigenvalue weighted by Crippen LogP contribution is 2.31. The van der Waals surface area contributed by atoms with Crippen LogP contribution in [0.3, 0.4) is 0 Å². The van der Waals surface area contributed by atoms with Crippen molar-refractivity contribution in [2.45, 2.75) is 71.4 Å². The molecule has 2 aliphatic heterocycles. The van der Waals surface area contributed by atoms with Crippen LogP contribution in [0.25, 0.3) is 11.3 Å². The number of anilines is 2. The predicted molar refractivity (Wildman–Crippen MR) is 188 cm³/mol. The second-order valence-electron chi connectivity index (χ2n) is 13.5. The zero-order valence-corrected chi connectivity index (χ0v) is 29.1. The number of sulfonamides is 1. The molecule has 4 bridgehead atoms. The minimum Gasteiger partial charge on any atom is -0.475 e. The summed E-state index contributed by atoms with van der Waals surface area (Å²) >= 11 is 0. The van der Waals surface area contributed by atoms with Crippen molar-refractivity contribution in [3.8, 4) is 17.1 Å². The van der Waals surface area contributed by atoms with Crippen LogP contribution < -0.4 is 14.4 Å². The molecule has 4 aromatic rings. The van der Waals surface area contributed by atoms with Gasteiger partial charge < -0.3 is 14.5 Å². The van der Waals surface area contributed by atoms with Crippen LogP contribution in [0.4, 0.5) is 11.8 Å². The standard InChI is InChI=1S/C37H44N6O4S/c1-24(2)18-30-23-47-34-20-32(35-26(4)8-6-9-27(35)5)39-37(40-34)41-48(45,46)31-11-7-10-29(19-31)36(44)43(30)22-28-12-13-33(38-21-28)42-16-14-25(3)15-17-42/h6-13,19-21,24-25,30H,14-18,22-23H2,1-5H3,(H,39,40,41)/t30-/m1/s1. The van der Waals surface area contributed by atoms with Gasteiger partial charge in [-0.15, -0.1) is 0 Å². The summed E-state index contributed by atoms with van der Waals surface area (Å²) in [5, 5.41) is 0. The minimum absolute atomic E-state index is 0.0571. The number of hydrogen-bond donors (Lipinski definition) is 1. The van der Waals surface area contributed by atoms with Crippen LogP contribution in [0.5, 0.6) is 5.88 Å². The Bertz CT molecular complexity index is 1870. The van der Waals surface area contributed by atoms with E-state index in [1.54, 1.807) is 23.1 Å². The number of aromatic nitrogens is 3. The van der Waals surface area contributed by atoms with Crippen LogP contribution in [0.15, 0.2) is 71.8 Å². The van der Waals surface area contributed by atoms with E-state index in [1.165, 1.54) is 12.1 Å². The molecule has 10 nitrogen and oxygen atoms in total. The van der Waals surface area contributed by atoms with Crippen molar-refractivity contribution < 1.29 is 17.9 Å². The van der Waals surface area contributed by atoms with Crippen molar-refractivity contribution in [1.82, 2.24) is 19.9 Å². The highest BCUT2D eigenvalue weighted by molar-refractivity contribution is 7.92. The summed E-state index contributed by atoms with van der Waals surface area (Å²) in [6, 6.07) is 17.5. The van der Waals surface area contributed by atoms with E-state index in [9.17, 15) is 13.2 Å². The number of ether oxygens (including phenoxy) is 1. The van der Waals surface area contributed by atoms with Crippen LogP contribution in [-0.4, -0.2) is 59.9 Å². The Morgan fingerprint density at radius 3 is 2.40 bits per heavy atom. The molecule has 1 amide bonds. The summed E-state index contributed by atoms with van der Waals surface area (Å²) in [6.07, 6.45) is 4.79. The number of aryl methyl sites for hydroxylation is 2. The number of benzene rings is 2. The highest BCUT2D eigenvalue weighted by Gasteiger charge is 2.29. The third kappa shape index (κ3) is 7.46. The molecule has 11 heteroatoms. The number of fused-ring (bicyclic) bond motifs is 4. The fourth-order valence-corrected chi connectivity index (χ4v) is 7.53. The maximum Gasteiger partial charge on any atom is 0.264 e.